The number of nitrogens with one attached hydrogen (secondary N) is 1. The monoisotopic (exact) mass is 288 g/mol. The zero-order valence-electron chi connectivity index (χ0n) is 12.3. The molecule has 0 fully saturated rings. The van der Waals surface area contributed by atoms with Crippen molar-refractivity contribution < 1.29 is 9.53 Å². The first-order chi connectivity index (χ1) is 10.2. The maximum atomic E-state index is 12.1. The third-order valence-electron chi connectivity index (χ3n) is 3.22. The first-order valence-corrected chi connectivity index (χ1v) is 6.88. The van der Waals surface area contributed by atoms with Gasteiger partial charge < -0.3 is 15.8 Å². The van der Waals surface area contributed by atoms with Crippen molar-refractivity contribution in [1.82, 2.24) is 15.1 Å². The van der Waals surface area contributed by atoms with E-state index in [9.17, 15) is 4.79 Å². The van der Waals surface area contributed by atoms with Crippen LogP contribution < -0.4 is 15.8 Å². The van der Waals surface area contributed by atoms with Gasteiger partial charge in [0.15, 0.2) is 0 Å². The molecule has 1 aromatic carbocycles. The summed E-state index contributed by atoms with van der Waals surface area (Å²) in [6.45, 7) is 3.05. The van der Waals surface area contributed by atoms with Gasteiger partial charge in [0.2, 0.25) is 0 Å². The van der Waals surface area contributed by atoms with Gasteiger partial charge in [-0.1, -0.05) is 12.1 Å². The number of aryl methyl sites for hydroxylation is 1. The molecule has 1 aromatic heterocycles. The lowest BCUT2D eigenvalue weighted by Gasteiger charge is -2.08. The smallest absolute Gasteiger partial charge is 0.271 e. The minimum Gasteiger partial charge on any atom is -0.497 e. The summed E-state index contributed by atoms with van der Waals surface area (Å²) in [5.41, 5.74) is 7.70. The number of hydrogen-bond donors (Lipinski definition) is 2. The van der Waals surface area contributed by atoms with Crippen molar-refractivity contribution in [3.8, 4) is 5.75 Å². The van der Waals surface area contributed by atoms with Gasteiger partial charge in [0.25, 0.3) is 5.91 Å². The quantitative estimate of drug-likeness (QED) is 0.843. The van der Waals surface area contributed by atoms with Gasteiger partial charge in [-0.15, -0.1) is 0 Å². The van der Waals surface area contributed by atoms with E-state index >= 15 is 0 Å². The zero-order chi connectivity index (χ0) is 15.2. The predicted molar refractivity (Wildman–Crippen MR) is 81.3 cm³/mol. The summed E-state index contributed by atoms with van der Waals surface area (Å²) in [4.78, 5) is 12.1. The lowest BCUT2D eigenvalue weighted by atomic mass is 10.1. The van der Waals surface area contributed by atoms with E-state index in [1.54, 1.807) is 11.8 Å². The summed E-state index contributed by atoms with van der Waals surface area (Å²) >= 11 is 0. The lowest BCUT2D eigenvalue weighted by molar-refractivity contribution is 0.0944. The van der Waals surface area contributed by atoms with Crippen LogP contribution in [0.5, 0.6) is 5.75 Å². The number of nitrogen functional groups attached to an aromatic ring is 1. The average molecular weight is 288 g/mol. The minimum absolute atomic E-state index is 0.199. The third kappa shape index (κ3) is 3.53. The number of hydrogen-bond acceptors (Lipinski definition) is 4. The van der Waals surface area contributed by atoms with Gasteiger partial charge in [0.1, 0.15) is 11.4 Å². The molecule has 1 heterocycles. The van der Waals surface area contributed by atoms with Crippen LogP contribution in [0.3, 0.4) is 0 Å². The van der Waals surface area contributed by atoms with E-state index in [1.807, 2.05) is 31.2 Å². The van der Waals surface area contributed by atoms with Crippen molar-refractivity contribution in [2.75, 3.05) is 19.4 Å². The lowest BCUT2D eigenvalue weighted by Crippen LogP contribution is -2.28. The van der Waals surface area contributed by atoms with Crippen LogP contribution in [0.15, 0.2) is 30.5 Å². The topological polar surface area (TPSA) is 82.2 Å². The van der Waals surface area contributed by atoms with Crippen LogP contribution in [0.1, 0.15) is 23.0 Å². The second-order valence-electron chi connectivity index (χ2n) is 4.62. The highest BCUT2D eigenvalue weighted by Gasteiger charge is 2.15. The van der Waals surface area contributed by atoms with Gasteiger partial charge in [0, 0.05) is 13.1 Å². The van der Waals surface area contributed by atoms with E-state index < -0.39 is 0 Å². The first kappa shape index (κ1) is 14.9. The van der Waals surface area contributed by atoms with Crippen LogP contribution in [-0.2, 0) is 13.0 Å². The van der Waals surface area contributed by atoms with Gasteiger partial charge in [-0.2, -0.15) is 5.10 Å². The molecule has 0 aliphatic carbocycles. The Kier molecular flexibility index (Phi) is 4.81. The van der Waals surface area contributed by atoms with E-state index in [2.05, 4.69) is 10.4 Å². The number of amides is 1. The van der Waals surface area contributed by atoms with Crippen molar-refractivity contribution in [1.29, 1.82) is 0 Å². The number of carbonyl (C=O) groups excluding carboxylic acids is 1. The normalized spacial score (nSPS) is 10.4. The van der Waals surface area contributed by atoms with E-state index in [4.69, 9.17) is 10.5 Å². The Morgan fingerprint density at radius 1 is 1.48 bits per heavy atom. The maximum Gasteiger partial charge on any atom is 0.271 e. The number of benzene rings is 1. The number of aromatic nitrogens is 2. The molecule has 0 radical (unpaired) electrons. The van der Waals surface area contributed by atoms with E-state index in [1.165, 1.54) is 6.20 Å². The highest BCUT2D eigenvalue weighted by molar-refractivity contribution is 5.97. The van der Waals surface area contributed by atoms with Crippen LogP contribution >= 0.6 is 0 Å². The number of nitrogens with zero attached hydrogens (tertiary/aromatic N) is 2. The van der Waals surface area contributed by atoms with Gasteiger partial charge in [-0.3, -0.25) is 9.48 Å². The van der Waals surface area contributed by atoms with Crippen LogP contribution in [0.25, 0.3) is 0 Å². The SMILES string of the molecule is CCn1ncc(N)c1C(=O)NCCc1cccc(OC)c1. The van der Waals surface area contributed by atoms with Gasteiger partial charge in [-0.25, -0.2) is 0 Å². The molecule has 112 valence electrons. The molecule has 0 saturated carbocycles. The summed E-state index contributed by atoms with van der Waals surface area (Å²) in [6.07, 6.45) is 2.23. The van der Waals surface area contributed by atoms with Crippen molar-refractivity contribution in [2.24, 2.45) is 0 Å². The average Bonchev–Trinajstić information content (AvgIpc) is 2.88. The number of ether oxygens (including phenoxy) is 1. The van der Waals surface area contributed by atoms with E-state index in [0.29, 0.717) is 24.5 Å². The summed E-state index contributed by atoms with van der Waals surface area (Å²) in [5, 5.41) is 6.92. The standard InChI is InChI=1S/C15H20N4O2/c1-3-19-14(13(16)10-18-19)15(20)17-8-7-11-5-4-6-12(9-11)21-2/h4-6,9-10H,3,7-8,16H2,1-2H3,(H,17,20). The Labute approximate surface area is 123 Å². The van der Waals surface area contributed by atoms with Gasteiger partial charge >= 0.3 is 0 Å². The fraction of sp³-hybridized carbons (Fsp3) is 0.333. The van der Waals surface area contributed by atoms with Gasteiger partial charge in [-0.05, 0) is 31.0 Å². The molecular formula is C15H20N4O2. The third-order valence-corrected chi connectivity index (χ3v) is 3.22. The van der Waals surface area contributed by atoms with Crippen molar-refractivity contribution >= 4 is 11.6 Å². The highest BCUT2D eigenvalue weighted by Crippen LogP contribution is 2.13. The number of nitrogens with two attached hydrogens (primary N) is 1. The van der Waals surface area contributed by atoms with Crippen LogP contribution in [0, 0.1) is 0 Å². The Morgan fingerprint density at radius 3 is 3.00 bits per heavy atom. The second-order valence-corrected chi connectivity index (χ2v) is 4.62. The largest absolute Gasteiger partial charge is 0.497 e. The summed E-state index contributed by atoms with van der Waals surface area (Å²) < 4.78 is 6.77. The summed E-state index contributed by atoms with van der Waals surface area (Å²) in [7, 11) is 1.63. The van der Waals surface area contributed by atoms with Crippen molar-refractivity contribution in [2.45, 2.75) is 19.9 Å². The summed E-state index contributed by atoms with van der Waals surface area (Å²) in [5.74, 6) is 0.613. The maximum absolute atomic E-state index is 12.1. The molecule has 0 spiro atoms. The Morgan fingerprint density at radius 2 is 2.29 bits per heavy atom. The zero-order valence-corrected chi connectivity index (χ0v) is 12.3. The van der Waals surface area contributed by atoms with E-state index in [-0.39, 0.29) is 5.91 Å². The van der Waals surface area contributed by atoms with Gasteiger partial charge in [0.05, 0.1) is 19.0 Å². The second kappa shape index (κ2) is 6.78. The molecule has 6 heteroatoms. The molecule has 0 aliphatic heterocycles. The van der Waals surface area contributed by atoms with Crippen LogP contribution in [0.2, 0.25) is 0 Å². The Hall–Kier alpha value is -2.50. The number of methoxy groups -OCH3 is 1. The molecule has 2 aromatic rings. The Bertz CT molecular complexity index is 622. The Balaban J connectivity index is 1.93. The number of carbonyl (C=O) groups is 1. The fourth-order valence-corrected chi connectivity index (χ4v) is 2.12. The minimum atomic E-state index is -0.199. The van der Waals surface area contributed by atoms with Crippen molar-refractivity contribution in [3.63, 3.8) is 0 Å². The fourth-order valence-electron chi connectivity index (χ4n) is 2.12. The highest BCUT2D eigenvalue weighted by atomic mass is 16.5. The van der Waals surface area contributed by atoms with Crippen LogP contribution in [-0.4, -0.2) is 29.3 Å². The molecule has 0 unspecified atom stereocenters. The first-order valence-electron chi connectivity index (χ1n) is 6.88. The molecule has 1 amide bonds. The van der Waals surface area contributed by atoms with Crippen molar-refractivity contribution in [3.05, 3.63) is 41.7 Å². The summed E-state index contributed by atoms with van der Waals surface area (Å²) in [6, 6.07) is 7.78. The molecule has 0 aliphatic rings. The van der Waals surface area contributed by atoms with E-state index in [0.717, 1.165) is 17.7 Å². The molecular weight excluding hydrogens is 268 g/mol. The molecule has 0 bridgehead atoms. The number of rotatable bonds is 6. The van der Waals surface area contributed by atoms with Crippen LogP contribution in [0.4, 0.5) is 5.69 Å². The number of anilines is 1. The molecule has 21 heavy (non-hydrogen) atoms. The molecule has 6 nitrogen and oxygen atoms in total. The molecule has 2 rings (SSSR count). The molecule has 0 atom stereocenters. The molecule has 0 saturated heterocycles. The molecule has 3 N–H and O–H groups in total. The predicted octanol–water partition coefficient (Wildman–Crippen LogP) is 1.47.